The number of nitrogens with one attached hydrogen (secondary N) is 1. The molecule has 4 heteroatoms. The van der Waals surface area contributed by atoms with Crippen molar-refractivity contribution in [2.45, 2.75) is 32.7 Å². The van der Waals surface area contributed by atoms with E-state index in [2.05, 4.69) is 5.32 Å². The van der Waals surface area contributed by atoms with Crippen LogP contribution in [0.25, 0.3) is 0 Å². The van der Waals surface area contributed by atoms with Crippen LogP contribution in [0, 0.1) is 17.2 Å². The van der Waals surface area contributed by atoms with Crippen molar-refractivity contribution in [3.8, 4) is 6.07 Å². The lowest BCUT2D eigenvalue weighted by Gasteiger charge is -2.22. The Bertz CT molecular complexity index is 471. The van der Waals surface area contributed by atoms with Gasteiger partial charge in [0.25, 0.3) is 0 Å². The Morgan fingerprint density at radius 3 is 2.56 bits per heavy atom. The Morgan fingerprint density at radius 2 is 2.06 bits per heavy atom. The van der Waals surface area contributed by atoms with Crippen LogP contribution in [0.3, 0.4) is 0 Å². The molecule has 0 saturated heterocycles. The summed E-state index contributed by atoms with van der Waals surface area (Å²) >= 11 is 6.02. The third-order valence-corrected chi connectivity index (χ3v) is 2.72. The third kappa shape index (κ3) is 4.38. The molecule has 1 unspecified atom stereocenters. The predicted molar refractivity (Wildman–Crippen MR) is 72.2 cm³/mol. The lowest BCUT2D eigenvalue weighted by Crippen LogP contribution is -2.44. The fourth-order valence-corrected chi connectivity index (χ4v) is 1.75. The van der Waals surface area contributed by atoms with Crippen molar-refractivity contribution in [3.05, 3.63) is 34.9 Å². The van der Waals surface area contributed by atoms with Crippen LogP contribution in [0.1, 0.15) is 26.3 Å². The van der Waals surface area contributed by atoms with Gasteiger partial charge in [0.15, 0.2) is 0 Å². The lowest BCUT2D eigenvalue weighted by molar-refractivity contribution is -0.124. The molecule has 96 valence electrons. The van der Waals surface area contributed by atoms with Crippen LogP contribution in [-0.2, 0) is 11.2 Å². The largest absolute Gasteiger partial charge is 0.350 e. The maximum Gasteiger partial charge on any atom is 0.238 e. The molecule has 3 nitrogen and oxygen atoms in total. The van der Waals surface area contributed by atoms with Gasteiger partial charge in [-0.15, -0.1) is 0 Å². The Morgan fingerprint density at radius 1 is 1.44 bits per heavy atom. The number of nitrogens with zero attached hydrogens (tertiary/aromatic N) is 1. The second kappa shape index (κ2) is 5.88. The summed E-state index contributed by atoms with van der Waals surface area (Å²) in [6.45, 7) is 5.65. The number of benzene rings is 1. The first-order valence-corrected chi connectivity index (χ1v) is 6.16. The molecule has 18 heavy (non-hydrogen) atoms. The van der Waals surface area contributed by atoms with Crippen LogP contribution in [0.2, 0.25) is 5.02 Å². The highest BCUT2D eigenvalue weighted by Crippen LogP contribution is 2.19. The molecule has 1 N–H and O–H groups in total. The minimum atomic E-state index is -0.718. The highest BCUT2D eigenvalue weighted by atomic mass is 35.5. The molecule has 0 aromatic heterocycles. The standard InChI is InChI=1S/C14H17ClN2O/c1-14(2,3)17-13(18)11(9-16)8-10-6-4-5-7-12(10)15/h4-7,11H,8H2,1-3H3,(H,17,18). The topological polar surface area (TPSA) is 52.9 Å². The Kier molecular flexibility index (Phi) is 4.75. The zero-order chi connectivity index (χ0) is 13.8. The van der Waals surface area contributed by atoms with Crippen molar-refractivity contribution < 1.29 is 4.79 Å². The van der Waals surface area contributed by atoms with E-state index in [4.69, 9.17) is 16.9 Å². The van der Waals surface area contributed by atoms with E-state index in [1.807, 2.05) is 45.0 Å². The predicted octanol–water partition coefficient (Wildman–Crippen LogP) is 2.94. The van der Waals surface area contributed by atoms with Crippen LogP contribution >= 0.6 is 11.6 Å². The van der Waals surface area contributed by atoms with E-state index in [0.717, 1.165) is 5.56 Å². The summed E-state index contributed by atoms with van der Waals surface area (Å²) < 4.78 is 0. The SMILES string of the molecule is CC(C)(C)NC(=O)C(C#N)Cc1ccccc1Cl. The van der Waals surface area contributed by atoms with E-state index in [0.29, 0.717) is 11.4 Å². The van der Waals surface area contributed by atoms with Crippen LogP contribution < -0.4 is 5.32 Å². The summed E-state index contributed by atoms with van der Waals surface area (Å²) in [6, 6.07) is 9.28. The molecule has 0 radical (unpaired) electrons. The fourth-order valence-electron chi connectivity index (χ4n) is 1.54. The van der Waals surface area contributed by atoms with E-state index in [9.17, 15) is 4.79 Å². The second-order valence-corrected chi connectivity index (χ2v) is 5.62. The molecule has 0 saturated carbocycles. The van der Waals surface area contributed by atoms with E-state index in [-0.39, 0.29) is 11.4 Å². The van der Waals surface area contributed by atoms with Crippen LogP contribution in [0.15, 0.2) is 24.3 Å². The van der Waals surface area contributed by atoms with Gasteiger partial charge in [0, 0.05) is 10.6 Å². The number of amides is 1. The molecule has 0 aliphatic heterocycles. The molecule has 1 aromatic rings. The fraction of sp³-hybridized carbons (Fsp3) is 0.429. The maximum atomic E-state index is 11.9. The number of hydrogen-bond donors (Lipinski definition) is 1. The van der Waals surface area contributed by atoms with Gasteiger partial charge in [-0.2, -0.15) is 5.26 Å². The van der Waals surface area contributed by atoms with Gasteiger partial charge in [-0.05, 0) is 38.8 Å². The van der Waals surface area contributed by atoms with E-state index >= 15 is 0 Å². The molecular weight excluding hydrogens is 248 g/mol. The number of carbonyl (C=O) groups is 1. The van der Waals surface area contributed by atoms with Crippen molar-refractivity contribution in [1.82, 2.24) is 5.32 Å². The van der Waals surface area contributed by atoms with Gasteiger partial charge in [0.05, 0.1) is 6.07 Å². The molecule has 0 aliphatic carbocycles. The number of carbonyl (C=O) groups excluding carboxylic acids is 1. The van der Waals surface area contributed by atoms with Crippen LogP contribution in [0.4, 0.5) is 0 Å². The quantitative estimate of drug-likeness (QED) is 0.913. The summed E-state index contributed by atoms with van der Waals surface area (Å²) in [4.78, 5) is 11.9. The normalized spacial score (nSPS) is 12.6. The van der Waals surface area contributed by atoms with Gasteiger partial charge in [0.2, 0.25) is 5.91 Å². The molecule has 0 bridgehead atoms. The highest BCUT2D eigenvalue weighted by Gasteiger charge is 2.23. The van der Waals surface area contributed by atoms with Gasteiger partial charge in [-0.3, -0.25) is 4.79 Å². The number of nitriles is 1. The van der Waals surface area contributed by atoms with Crippen molar-refractivity contribution in [3.63, 3.8) is 0 Å². The summed E-state index contributed by atoms with van der Waals surface area (Å²) in [6.07, 6.45) is 0.331. The van der Waals surface area contributed by atoms with Crippen LogP contribution in [-0.4, -0.2) is 11.4 Å². The minimum absolute atomic E-state index is 0.259. The molecule has 1 aromatic carbocycles. The minimum Gasteiger partial charge on any atom is -0.350 e. The summed E-state index contributed by atoms with van der Waals surface area (Å²) in [7, 11) is 0. The van der Waals surface area contributed by atoms with E-state index < -0.39 is 5.92 Å². The maximum absolute atomic E-state index is 11.9. The van der Waals surface area contributed by atoms with Crippen molar-refractivity contribution in [2.75, 3.05) is 0 Å². The number of halogens is 1. The zero-order valence-corrected chi connectivity index (χ0v) is 11.6. The lowest BCUT2D eigenvalue weighted by atomic mass is 9.98. The van der Waals surface area contributed by atoms with Crippen molar-refractivity contribution in [1.29, 1.82) is 5.26 Å². The molecule has 1 atom stereocenters. The molecule has 1 rings (SSSR count). The van der Waals surface area contributed by atoms with E-state index in [1.165, 1.54) is 0 Å². The first kappa shape index (κ1) is 14.5. The Labute approximate surface area is 113 Å². The number of rotatable bonds is 3. The summed E-state index contributed by atoms with van der Waals surface area (Å²) in [5, 5.41) is 12.5. The molecule has 0 spiro atoms. The number of hydrogen-bond acceptors (Lipinski definition) is 2. The molecule has 0 aliphatic rings. The first-order chi connectivity index (χ1) is 8.33. The zero-order valence-electron chi connectivity index (χ0n) is 10.8. The third-order valence-electron chi connectivity index (χ3n) is 2.35. The molecule has 1 amide bonds. The second-order valence-electron chi connectivity index (χ2n) is 5.22. The monoisotopic (exact) mass is 264 g/mol. The molecule has 0 heterocycles. The van der Waals surface area contributed by atoms with Crippen LogP contribution in [0.5, 0.6) is 0 Å². The highest BCUT2D eigenvalue weighted by molar-refractivity contribution is 6.31. The summed E-state index contributed by atoms with van der Waals surface area (Å²) in [5.74, 6) is -0.978. The van der Waals surface area contributed by atoms with Crippen molar-refractivity contribution in [2.24, 2.45) is 5.92 Å². The van der Waals surface area contributed by atoms with Gasteiger partial charge in [-0.25, -0.2) is 0 Å². The Balaban J connectivity index is 2.78. The van der Waals surface area contributed by atoms with Gasteiger partial charge in [0.1, 0.15) is 5.92 Å². The Hall–Kier alpha value is -1.53. The van der Waals surface area contributed by atoms with Gasteiger partial charge < -0.3 is 5.32 Å². The molecular formula is C14H17ClN2O. The first-order valence-electron chi connectivity index (χ1n) is 5.78. The van der Waals surface area contributed by atoms with E-state index in [1.54, 1.807) is 6.07 Å². The molecule has 0 fully saturated rings. The average molecular weight is 265 g/mol. The van der Waals surface area contributed by atoms with Crippen molar-refractivity contribution >= 4 is 17.5 Å². The smallest absolute Gasteiger partial charge is 0.238 e. The van der Waals surface area contributed by atoms with Gasteiger partial charge in [-0.1, -0.05) is 29.8 Å². The average Bonchev–Trinajstić information content (AvgIpc) is 2.25. The van der Waals surface area contributed by atoms with Gasteiger partial charge >= 0.3 is 0 Å². The summed E-state index contributed by atoms with van der Waals surface area (Å²) in [5.41, 5.74) is 0.474.